The highest BCUT2D eigenvalue weighted by Crippen LogP contribution is 2.29. The summed E-state index contributed by atoms with van der Waals surface area (Å²) in [5.41, 5.74) is 2.03. The largest absolute Gasteiger partial charge is 0.269 e. The van der Waals surface area contributed by atoms with E-state index in [9.17, 15) is 10.1 Å². The molecule has 0 aliphatic carbocycles. The second-order valence-corrected chi connectivity index (χ2v) is 5.56. The van der Waals surface area contributed by atoms with Crippen LogP contribution in [0.1, 0.15) is 5.56 Å². The van der Waals surface area contributed by atoms with Gasteiger partial charge in [0.25, 0.3) is 5.69 Å². The fourth-order valence-corrected chi connectivity index (χ4v) is 3.10. The molecular formula is C16H12N2O2S. The lowest BCUT2D eigenvalue weighted by molar-refractivity contribution is -0.384. The third kappa shape index (κ3) is 3.03. The van der Waals surface area contributed by atoms with E-state index in [0.717, 1.165) is 21.4 Å². The highest BCUT2D eigenvalue weighted by molar-refractivity contribution is 7.98. The average molecular weight is 296 g/mol. The van der Waals surface area contributed by atoms with Gasteiger partial charge in [-0.25, -0.2) is 0 Å². The quantitative estimate of drug-likeness (QED) is 0.406. The third-order valence-corrected chi connectivity index (χ3v) is 4.23. The van der Waals surface area contributed by atoms with Gasteiger partial charge in [-0.05, 0) is 17.7 Å². The van der Waals surface area contributed by atoms with Gasteiger partial charge < -0.3 is 0 Å². The van der Waals surface area contributed by atoms with Gasteiger partial charge in [-0.1, -0.05) is 30.3 Å². The molecule has 3 aromatic rings. The smallest absolute Gasteiger partial charge is 0.258 e. The Kier molecular flexibility index (Phi) is 3.83. The van der Waals surface area contributed by atoms with Crippen molar-refractivity contribution >= 4 is 28.4 Å². The van der Waals surface area contributed by atoms with Crippen LogP contribution in [0.5, 0.6) is 0 Å². The molecule has 21 heavy (non-hydrogen) atoms. The van der Waals surface area contributed by atoms with Crippen LogP contribution in [0.3, 0.4) is 0 Å². The number of aromatic nitrogens is 1. The molecule has 3 rings (SSSR count). The summed E-state index contributed by atoms with van der Waals surface area (Å²) in [7, 11) is 0. The number of rotatable bonds is 4. The van der Waals surface area contributed by atoms with Gasteiger partial charge in [0, 0.05) is 34.4 Å². The number of fused-ring (bicyclic) bond motifs is 1. The summed E-state index contributed by atoms with van der Waals surface area (Å²) in [5, 5.41) is 11.9. The molecule has 0 fully saturated rings. The van der Waals surface area contributed by atoms with Crippen molar-refractivity contribution in [2.75, 3.05) is 0 Å². The molecule has 1 aromatic heterocycles. The third-order valence-electron chi connectivity index (χ3n) is 3.11. The highest BCUT2D eigenvalue weighted by Gasteiger charge is 2.07. The van der Waals surface area contributed by atoms with Crippen molar-refractivity contribution in [2.45, 2.75) is 10.6 Å². The molecule has 0 unspecified atom stereocenters. The second kappa shape index (κ2) is 5.93. The van der Waals surface area contributed by atoms with Gasteiger partial charge in [0.2, 0.25) is 0 Å². The number of para-hydroxylation sites is 1. The summed E-state index contributed by atoms with van der Waals surface area (Å²) in [6.45, 7) is 0. The maximum absolute atomic E-state index is 10.8. The van der Waals surface area contributed by atoms with Crippen LogP contribution < -0.4 is 0 Å². The predicted octanol–water partition coefficient (Wildman–Crippen LogP) is 4.44. The maximum Gasteiger partial charge on any atom is 0.269 e. The number of nitro groups is 1. The predicted molar refractivity (Wildman–Crippen MR) is 84.4 cm³/mol. The lowest BCUT2D eigenvalue weighted by Gasteiger charge is -2.05. The van der Waals surface area contributed by atoms with Crippen molar-refractivity contribution in [3.8, 4) is 0 Å². The Morgan fingerprint density at radius 3 is 2.76 bits per heavy atom. The number of nitro benzene ring substituents is 1. The van der Waals surface area contributed by atoms with Crippen LogP contribution in [-0.2, 0) is 5.75 Å². The minimum absolute atomic E-state index is 0.129. The first-order valence-corrected chi connectivity index (χ1v) is 7.42. The fourth-order valence-electron chi connectivity index (χ4n) is 2.11. The Labute approximate surface area is 126 Å². The van der Waals surface area contributed by atoms with Crippen molar-refractivity contribution in [3.63, 3.8) is 0 Å². The van der Waals surface area contributed by atoms with Gasteiger partial charge in [-0.2, -0.15) is 0 Å². The fraction of sp³-hybridized carbons (Fsp3) is 0.0625. The molecule has 0 aliphatic heterocycles. The molecule has 0 radical (unpaired) electrons. The van der Waals surface area contributed by atoms with Gasteiger partial charge >= 0.3 is 0 Å². The number of pyridine rings is 1. The minimum Gasteiger partial charge on any atom is -0.258 e. The normalized spacial score (nSPS) is 10.7. The van der Waals surface area contributed by atoms with Gasteiger partial charge in [0.15, 0.2) is 0 Å². The number of benzene rings is 2. The van der Waals surface area contributed by atoms with E-state index in [1.54, 1.807) is 30.1 Å². The summed E-state index contributed by atoms with van der Waals surface area (Å²) in [6.07, 6.45) is 1.78. The van der Waals surface area contributed by atoms with E-state index >= 15 is 0 Å². The van der Waals surface area contributed by atoms with Crippen LogP contribution >= 0.6 is 11.8 Å². The molecule has 1 heterocycles. The number of thioether (sulfide) groups is 1. The Bertz CT molecular complexity index is 800. The molecular weight excluding hydrogens is 284 g/mol. The SMILES string of the molecule is O=[N+]([O-])c1cccc(CSc2cccc3cccnc23)c1. The lowest BCUT2D eigenvalue weighted by atomic mass is 10.2. The van der Waals surface area contributed by atoms with Crippen LogP contribution in [0.25, 0.3) is 10.9 Å². The summed E-state index contributed by atoms with van der Waals surface area (Å²) < 4.78 is 0. The molecule has 0 aliphatic rings. The van der Waals surface area contributed by atoms with Gasteiger partial charge in [-0.3, -0.25) is 15.1 Å². The molecule has 0 spiro atoms. The van der Waals surface area contributed by atoms with Crippen molar-refractivity contribution < 1.29 is 4.92 Å². The number of hydrogen-bond donors (Lipinski definition) is 0. The van der Waals surface area contributed by atoms with Crippen molar-refractivity contribution in [2.24, 2.45) is 0 Å². The van der Waals surface area contributed by atoms with Crippen molar-refractivity contribution in [3.05, 3.63) is 76.5 Å². The summed E-state index contributed by atoms with van der Waals surface area (Å²) >= 11 is 1.64. The van der Waals surface area contributed by atoms with Crippen LogP contribution in [-0.4, -0.2) is 9.91 Å². The summed E-state index contributed by atoms with van der Waals surface area (Å²) in [6, 6.07) is 16.7. The zero-order valence-electron chi connectivity index (χ0n) is 11.1. The highest BCUT2D eigenvalue weighted by atomic mass is 32.2. The van der Waals surface area contributed by atoms with Crippen LogP contribution in [0.2, 0.25) is 0 Å². The number of non-ortho nitro benzene ring substituents is 1. The number of nitrogens with zero attached hydrogens (tertiary/aromatic N) is 2. The first-order valence-electron chi connectivity index (χ1n) is 6.44. The van der Waals surface area contributed by atoms with Crippen LogP contribution in [0.15, 0.2) is 65.7 Å². The van der Waals surface area contributed by atoms with Crippen LogP contribution in [0.4, 0.5) is 5.69 Å². The number of hydrogen-bond acceptors (Lipinski definition) is 4. The first-order chi connectivity index (χ1) is 10.2. The van der Waals surface area contributed by atoms with E-state index in [0.29, 0.717) is 5.75 Å². The van der Waals surface area contributed by atoms with Crippen molar-refractivity contribution in [1.82, 2.24) is 4.98 Å². The maximum atomic E-state index is 10.8. The second-order valence-electron chi connectivity index (χ2n) is 4.55. The van der Waals surface area contributed by atoms with Gasteiger partial charge in [0.05, 0.1) is 10.4 Å². The average Bonchev–Trinajstić information content (AvgIpc) is 2.53. The van der Waals surface area contributed by atoms with E-state index in [1.807, 2.05) is 36.4 Å². The molecule has 0 bridgehead atoms. The Balaban J connectivity index is 1.84. The van der Waals surface area contributed by atoms with E-state index < -0.39 is 0 Å². The van der Waals surface area contributed by atoms with E-state index in [4.69, 9.17) is 0 Å². The molecule has 4 nitrogen and oxygen atoms in total. The minimum atomic E-state index is -0.367. The Hall–Kier alpha value is -2.40. The molecule has 104 valence electrons. The monoisotopic (exact) mass is 296 g/mol. The molecule has 5 heteroatoms. The molecule has 0 saturated heterocycles. The first kappa shape index (κ1) is 13.6. The Morgan fingerprint density at radius 1 is 1.10 bits per heavy atom. The van der Waals surface area contributed by atoms with Crippen LogP contribution in [0, 0.1) is 10.1 Å². The molecule has 0 N–H and O–H groups in total. The lowest BCUT2D eigenvalue weighted by Crippen LogP contribution is -1.89. The zero-order chi connectivity index (χ0) is 14.7. The summed E-state index contributed by atoms with van der Waals surface area (Å²) in [5.74, 6) is 0.678. The standard InChI is InChI=1S/C16H12N2O2S/c19-18(20)14-7-1-4-12(10-14)11-21-15-8-2-5-13-6-3-9-17-16(13)15/h1-10H,11H2. The molecule has 0 atom stereocenters. The molecule has 0 amide bonds. The summed E-state index contributed by atoms with van der Waals surface area (Å²) in [4.78, 5) is 15.9. The van der Waals surface area contributed by atoms with E-state index in [2.05, 4.69) is 4.98 Å². The topological polar surface area (TPSA) is 56.0 Å². The zero-order valence-corrected chi connectivity index (χ0v) is 11.9. The molecule has 0 saturated carbocycles. The van der Waals surface area contributed by atoms with Crippen molar-refractivity contribution in [1.29, 1.82) is 0 Å². The molecule has 2 aromatic carbocycles. The Morgan fingerprint density at radius 2 is 1.90 bits per heavy atom. The van der Waals surface area contributed by atoms with Gasteiger partial charge in [-0.15, -0.1) is 11.8 Å². The van der Waals surface area contributed by atoms with E-state index in [1.165, 1.54) is 6.07 Å². The van der Waals surface area contributed by atoms with E-state index in [-0.39, 0.29) is 10.6 Å². The van der Waals surface area contributed by atoms with Gasteiger partial charge in [0.1, 0.15) is 0 Å².